The summed E-state index contributed by atoms with van der Waals surface area (Å²) in [6.07, 6.45) is -1.61. The van der Waals surface area contributed by atoms with Crippen LogP contribution in [0.15, 0.2) is 0 Å². The highest BCUT2D eigenvalue weighted by molar-refractivity contribution is 5.92. The van der Waals surface area contributed by atoms with Crippen LogP contribution >= 0.6 is 0 Å². The van der Waals surface area contributed by atoms with Gasteiger partial charge < -0.3 is 20.3 Å². The quantitative estimate of drug-likeness (QED) is 0.495. The summed E-state index contributed by atoms with van der Waals surface area (Å²) in [5.74, 6) is -2.56. The van der Waals surface area contributed by atoms with Gasteiger partial charge in [0.05, 0.1) is 25.2 Å². The zero-order chi connectivity index (χ0) is 17.3. The lowest BCUT2D eigenvalue weighted by Crippen LogP contribution is -2.49. The van der Waals surface area contributed by atoms with Crippen molar-refractivity contribution in [3.63, 3.8) is 0 Å². The van der Waals surface area contributed by atoms with E-state index in [-0.39, 0.29) is 31.6 Å². The predicted molar refractivity (Wildman–Crippen MR) is 79.9 cm³/mol. The van der Waals surface area contributed by atoms with Gasteiger partial charge in [0, 0.05) is 12.8 Å². The lowest BCUT2D eigenvalue weighted by atomic mass is 9.90. The molecule has 7 nitrogen and oxygen atoms in total. The van der Waals surface area contributed by atoms with E-state index in [2.05, 4.69) is 10.1 Å². The molecular formula is C15H27NO6. The Morgan fingerprint density at radius 3 is 2.00 bits per heavy atom. The van der Waals surface area contributed by atoms with Crippen molar-refractivity contribution in [2.24, 2.45) is 5.92 Å². The third-order valence-electron chi connectivity index (χ3n) is 3.60. The van der Waals surface area contributed by atoms with Crippen LogP contribution in [0.5, 0.6) is 0 Å². The van der Waals surface area contributed by atoms with Crippen LogP contribution in [0, 0.1) is 5.92 Å². The molecule has 22 heavy (non-hydrogen) atoms. The minimum absolute atomic E-state index is 0.179. The lowest BCUT2D eigenvalue weighted by molar-refractivity contribution is -0.152. The zero-order valence-electron chi connectivity index (χ0n) is 13.7. The highest BCUT2D eigenvalue weighted by Crippen LogP contribution is 2.17. The number of ketones is 1. The predicted octanol–water partition coefficient (Wildman–Crippen LogP) is 0.171. The first-order chi connectivity index (χ1) is 10.3. The summed E-state index contributed by atoms with van der Waals surface area (Å²) >= 11 is 0. The van der Waals surface area contributed by atoms with E-state index in [9.17, 15) is 24.6 Å². The summed E-state index contributed by atoms with van der Waals surface area (Å²) in [5.41, 5.74) is 0. The molecule has 4 unspecified atom stereocenters. The Kier molecular flexibility index (Phi) is 9.60. The number of esters is 1. The van der Waals surface area contributed by atoms with Gasteiger partial charge in [-0.1, -0.05) is 20.8 Å². The first-order valence-electron chi connectivity index (χ1n) is 7.58. The van der Waals surface area contributed by atoms with E-state index in [4.69, 9.17) is 0 Å². The maximum Gasteiger partial charge on any atom is 0.311 e. The molecule has 0 heterocycles. The minimum Gasteiger partial charge on any atom is -0.469 e. The van der Waals surface area contributed by atoms with Crippen LogP contribution in [-0.4, -0.2) is 53.2 Å². The number of nitrogens with one attached hydrogen (secondary N) is 1. The molecule has 0 aromatic heterocycles. The first kappa shape index (κ1) is 20.5. The van der Waals surface area contributed by atoms with Crippen molar-refractivity contribution in [1.29, 1.82) is 0 Å². The number of ether oxygens (including phenoxy) is 1. The molecule has 0 saturated heterocycles. The number of carbonyl (C=O) groups excluding carboxylic acids is 3. The molecular weight excluding hydrogens is 290 g/mol. The van der Waals surface area contributed by atoms with Crippen LogP contribution in [-0.2, 0) is 19.1 Å². The van der Waals surface area contributed by atoms with E-state index in [1.165, 1.54) is 7.11 Å². The van der Waals surface area contributed by atoms with Gasteiger partial charge in [-0.15, -0.1) is 0 Å². The molecule has 0 spiro atoms. The monoisotopic (exact) mass is 317 g/mol. The van der Waals surface area contributed by atoms with Gasteiger partial charge in [0.2, 0.25) is 5.91 Å². The number of rotatable bonds is 10. The van der Waals surface area contributed by atoms with Crippen molar-refractivity contribution in [2.45, 2.75) is 64.7 Å². The van der Waals surface area contributed by atoms with Gasteiger partial charge in [-0.05, 0) is 12.8 Å². The maximum atomic E-state index is 12.4. The fourth-order valence-electron chi connectivity index (χ4n) is 2.06. The summed E-state index contributed by atoms with van der Waals surface area (Å²) < 4.78 is 4.60. The number of aliphatic hydroxyl groups is 2. The van der Waals surface area contributed by atoms with Crippen molar-refractivity contribution >= 4 is 17.7 Å². The Morgan fingerprint density at radius 1 is 1.05 bits per heavy atom. The largest absolute Gasteiger partial charge is 0.469 e. The fourth-order valence-corrected chi connectivity index (χ4v) is 2.06. The van der Waals surface area contributed by atoms with Crippen LogP contribution in [0.3, 0.4) is 0 Å². The van der Waals surface area contributed by atoms with Gasteiger partial charge in [0.25, 0.3) is 0 Å². The number of carbonyl (C=O) groups is 3. The molecule has 128 valence electrons. The second-order valence-electron chi connectivity index (χ2n) is 5.15. The number of methoxy groups -OCH3 is 1. The van der Waals surface area contributed by atoms with E-state index in [1.54, 1.807) is 20.8 Å². The van der Waals surface area contributed by atoms with Crippen molar-refractivity contribution in [3.05, 3.63) is 0 Å². The molecule has 0 saturated carbocycles. The number of aliphatic hydroxyl groups excluding tert-OH is 2. The fraction of sp³-hybridized carbons (Fsp3) is 0.800. The van der Waals surface area contributed by atoms with Crippen LogP contribution in [0.2, 0.25) is 0 Å². The van der Waals surface area contributed by atoms with Gasteiger partial charge in [0.15, 0.2) is 5.78 Å². The Bertz CT molecular complexity index is 384. The Balaban J connectivity index is 5.10. The van der Waals surface area contributed by atoms with E-state index in [0.717, 1.165) is 0 Å². The maximum absolute atomic E-state index is 12.4. The van der Waals surface area contributed by atoms with E-state index in [1.807, 2.05) is 0 Å². The van der Waals surface area contributed by atoms with E-state index in [0.29, 0.717) is 0 Å². The van der Waals surface area contributed by atoms with Gasteiger partial charge in [0.1, 0.15) is 6.04 Å². The molecule has 0 radical (unpaired) electrons. The summed E-state index contributed by atoms with van der Waals surface area (Å²) in [5, 5.41) is 22.3. The molecule has 0 aliphatic carbocycles. The smallest absolute Gasteiger partial charge is 0.311 e. The number of hydrogen-bond acceptors (Lipinski definition) is 6. The van der Waals surface area contributed by atoms with Crippen LogP contribution in [0.25, 0.3) is 0 Å². The van der Waals surface area contributed by atoms with Crippen LogP contribution in [0.1, 0.15) is 46.5 Å². The van der Waals surface area contributed by atoms with Gasteiger partial charge in [-0.3, -0.25) is 14.4 Å². The Morgan fingerprint density at radius 2 is 1.59 bits per heavy atom. The van der Waals surface area contributed by atoms with Crippen molar-refractivity contribution in [1.82, 2.24) is 5.32 Å². The summed E-state index contributed by atoms with van der Waals surface area (Å²) in [6, 6.07) is -1.09. The van der Waals surface area contributed by atoms with Gasteiger partial charge >= 0.3 is 5.97 Å². The molecule has 7 heteroatoms. The molecule has 4 atom stereocenters. The average molecular weight is 317 g/mol. The molecule has 3 N–H and O–H groups in total. The SMILES string of the molecule is CCC(=O)NC(C(=O)CC(C(=O)OC)C(O)CC)C(O)CC. The van der Waals surface area contributed by atoms with E-state index >= 15 is 0 Å². The Hall–Kier alpha value is -1.47. The lowest BCUT2D eigenvalue weighted by Gasteiger charge is -2.25. The molecule has 0 aliphatic rings. The highest BCUT2D eigenvalue weighted by atomic mass is 16.5. The van der Waals surface area contributed by atoms with Gasteiger partial charge in [-0.25, -0.2) is 0 Å². The standard InChI is InChI=1S/C15H27NO6/c1-5-10(17)9(15(21)22-4)8-12(19)14(11(18)6-2)16-13(20)7-3/h9-11,14,17-18H,5-8H2,1-4H3,(H,16,20). The number of Topliss-reactive ketones (excluding diaryl/α,β-unsaturated/α-hetero) is 1. The third-order valence-corrected chi connectivity index (χ3v) is 3.60. The normalized spacial score (nSPS) is 16.3. The number of amides is 1. The van der Waals surface area contributed by atoms with Crippen molar-refractivity contribution < 1.29 is 29.3 Å². The molecule has 0 bridgehead atoms. The van der Waals surface area contributed by atoms with Crippen LogP contribution in [0.4, 0.5) is 0 Å². The topological polar surface area (TPSA) is 113 Å². The first-order valence-corrected chi connectivity index (χ1v) is 7.58. The van der Waals surface area contributed by atoms with Gasteiger partial charge in [-0.2, -0.15) is 0 Å². The van der Waals surface area contributed by atoms with E-state index < -0.39 is 35.9 Å². The molecule has 1 amide bonds. The summed E-state index contributed by atoms with van der Waals surface area (Å²) in [6.45, 7) is 5.00. The Labute approximate surface area is 131 Å². The molecule has 0 fully saturated rings. The molecule has 0 aromatic rings. The third kappa shape index (κ3) is 6.11. The highest BCUT2D eigenvalue weighted by Gasteiger charge is 2.34. The summed E-state index contributed by atoms with van der Waals surface area (Å²) in [7, 11) is 1.18. The second-order valence-corrected chi connectivity index (χ2v) is 5.15. The minimum atomic E-state index is -1.09. The number of hydrogen-bond donors (Lipinski definition) is 3. The molecule has 0 rings (SSSR count). The summed E-state index contributed by atoms with van der Waals surface area (Å²) in [4.78, 5) is 35.6. The second kappa shape index (κ2) is 10.3. The van der Waals surface area contributed by atoms with Crippen LogP contribution < -0.4 is 5.32 Å². The average Bonchev–Trinajstić information content (AvgIpc) is 2.54. The zero-order valence-corrected chi connectivity index (χ0v) is 13.7. The molecule has 0 aliphatic heterocycles. The molecule has 0 aromatic carbocycles. The van der Waals surface area contributed by atoms with Crippen molar-refractivity contribution in [3.8, 4) is 0 Å². The van der Waals surface area contributed by atoms with Crippen molar-refractivity contribution in [2.75, 3.05) is 7.11 Å².